The van der Waals surface area contributed by atoms with Crippen molar-refractivity contribution >= 4 is 33.5 Å². The van der Waals surface area contributed by atoms with Crippen molar-refractivity contribution in [2.75, 3.05) is 13.2 Å². The number of rotatable bonds is 5. The van der Waals surface area contributed by atoms with E-state index in [9.17, 15) is 9.59 Å². The van der Waals surface area contributed by atoms with E-state index in [0.717, 1.165) is 29.5 Å². The monoisotopic (exact) mass is 360 g/mol. The highest BCUT2D eigenvalue weighted by Gasteiger charge is 2.20. The Bertz CT molecular complexity index is 803. The summed E-state index contributed by atoms with van der Waals surface area (Å²) < 4.78 is 5.60. The minimum Gasteiger partial charge on any atom is -0.467 e. The Kier molecular flexibility index (Phi) is 5.60. The number of urea groups is 1. The fourth-order valence-corrected chi connectivity index (χ4v) is 4.07. The number of ether oxygens (including phenoxy) is 1. The quantitative estimate of drug-likeness (QED) is 0.631. The largest absolute Gasteiger partial charge is 0.467 e. The maximum absolute atomic E-state index is 11.8. The van der Waals surface area contributed by atoms with Crippen molar-refractivity contribution in [1.29, 1.82) is 0 Å². The van der Waals surface area contributed by atoms with Crippen LogP contribution in [0.1, 0.15) is 29.7 Å². The van der Waals surface area contributed by atoms with Crippen LogP contribution in [-0.2, 0) is 17.6 Å². The second kappa shape index (κ2) is 8.06. The van der Waals surface area contributed by atoms with Gasteiger partial charge in [0.1, 0.15) is 11.2 Å². The summed E-state index contributed by atoms with van der Waals surface area (Å²) in [5.74, 6) is -0.124. The van der Waals surface area contributed by atoms with Gasteiger partial charge < -0.3 is 10.1 Å². The molecule has 1 aliphatic rings. The molecule has 0 fully saturated rings. The molecule has 7 nitrogen and oxygen atoms in total. The highest BCUT2D eigenvalue weighted by Crippen LogP contribution is 2.38. The van der Waals surface area contributed by atoms with E-state index in [1.807, 2.05) is 0 Å². The molecule has 3 amide bonds. The molecular weight excluding hydrogens is 340 g/mol. The van der Waals surface area contributed by atoms with E-state index in [4.69, 9.17) is 4.74 Å². The Morgan fingerprint density at radius 1 is 1.28 bits per heavy atom. The Balaban J connectivity index is 1.71. The molecule has 0 aliphatic heterocycles. The maximum Gasteiger partial charge on any atom is 0.321 e. The Morgan fingerprint density at radius 2 is 2.12 bits per heavy atom. The predicted octanol–water partition coefficient (Wildman–Crippen LogP) is 2.35. The van der Waals surface area contributed by atoms with Crippen molar-refractivity contribution in [3.8, 4) is 5.88 Å². The van der Waals surface area contributed by atoms with Crippen LogP contribution >= 0.6 is 11.3 Å². The molecular formula is C17H20N4O3S. The van der Waals surface area contributed by atoms with Crippen LogP contribution in [0.25, 0.3) is 10.2 Å². The van der Waals surface area contributed by atoms with Crippen LogP contribution in [0.3, 0.4) is 0 Å². The summed E-state index contributed by atoms with van der Waals surface area (Å²) in [5, 5.41) is 5.57. The van der Waals surface area contributed by atoms with Crippen molar-refractivity contribution in [1.82, 2.24) is 20.6 Å². The number of hydrogen-bond donors (Lipinski definition) is 2. The van der Waals surface area contributed by atoms with E-state index in [1.165, 1.54) is 35.7 Å². The number of hydrogen-bond acceptors (Lipinski definition) is 6. The summed E-state index contributed by atoms with van der Waals surface area (Å²) in [5.41, 5.74) is 1.25. The summed E-state index contributed by atoms with van der Waals surface area (Å²) in [6.07, 6.45) is 8.55. The molecule has 1 aliphatic carbocycles. The van der Waals surface area contributed by atoms with Crippen LogP contribution < -0.4 is 15.4 Å². The first-order chi connectivity index (χ1) is 12.2. The van der Waals surface area contributed by atoms with Gasteiger partial charge in [0.05, 0.1) is 5.39 Å². The van der Waals surface area contributed by atoms with E-state index >= 15 is 0 Å². The SMILES string of the molecule is C=CCNC(=O)NC(=O)COc1ncnc2sc3c(c12)CCCCC3. The van der Waals surface area contributed by atoms with Crippen molar-refractivity contribution in [2.24, 2.45) is 0 Å². The van der Waals surface area contributed by atoms with Crippen LogP contribution in [0.4, 0.5) is 4.79 Å². The predicted molar refractivity (Wildman–Crippen MR) is 95.9 cm³/mol. The zero-order chi connectivity index (χ0) is 17.6. The summed E-state index contributed by atoms with van der Waals surface area (Å²) >= 11 is 1.68. The molecule has 0 radical (unpaired) electrons. The standard InChI is InChI=1S/C17H20N4O3S/c1-2-8-18-17(23)21-13(22)9-24-15-14-11-6-4-3-5-7-12(11)25-16(14)20-10-19-15/h2,10H,1,3-9H2,(H2,18,21,22,23). The lowest BCUT2D eigenvalue weighted by Crippen LogP contribution is -2.41. The fourth-order valence-electron chi connectivity index (χ4n) is 2.85. The molecule has 2 heterocycles. The highest BCUT2D eigenvalue weighted by molar-refractivity contribution is 7.18. The number of aromatic nitrogens is 2. The molecule has 2 aromatic heterocycles. The van der Waals surface area contributed by atoms with Gasteiger partial charge in [0.2, 0.25) is 5.88 Å². The lowest BCUT2D eigenvalue weighted by atomic mass is 10.1. The number of thiophene rings is 1. The third-order valence-electron chi connectivity index (χ3n) is 3.97. The van der Waals surface area contributed by atoms with Gasteiger partial charge in [-0.1, -0.05) is 12.5 Å². The van der Waals surface area contributed by atoms with Crippen LogP contribution in [0.2, 0.25) is 0 Å². The van der Waals surface area contributed by atoms with Gasteiger partial charge in [-0.15, -0.1) is 17.9 Å². The third kappa shape index (κ3) is 4.14. The molecule has 0 unspecified atom stereocenters. The van der Waals surface area contributed by atoms with Gasteiger partial charge in [0.15, 0.2) is 6.61 Å². The Hall–Kier alpha value is -2.48. The molecule has 132 valence electrons. The zero-order valence-electron chi connectivity index (χ0n) is 13.8. The van der Waals surface area contributed by atoms with E-state index in [-0.39, 0.29) is 13.2 Å². The average molecular weight is 360 g/mol. The number of carbonyl (C=O) groups is 2. The number of nitrogens with one attached hydrogen (secondary N) is 2. The van der Waals surface area contributed by atoms with E-state index in [1.54, 1.807) is 11.3 Å². The topological polar surface area (TPSA) is 93.2 Å². The number of fused-ring (bicyclic) bond motifs is 3. The molecule has 0 bridgehead atoms. The molecule has 0 saturated carbocycles. The first-order valence-electron chi connectivity index (χ1n) is 8.25. The van der Waals surface area contributed by atoms with Crippen molar-refractivity contribution in [3.05, 3.63) is 29.4 Å². The van der Waals surface area contributed by atoms with Gasteiger partial charge in [-0.2, -0.15) is 0 Å². The number of carbonyl (C=O) groups excluding carboxylic acids is 2. The Labute approximate surface area is 149 Å². The normalized spacial score (nSPS) is 13.6. The number of amides is 3. The fraction of sp³-hybridized carbons (Fsp3) is 0.412. The molecule has 0 saturated heterocycles. The van der Waals surface area contributed by atoms with Gasteiger partial charge >= 0.3 is 6.03 Å². The minimum absolute atomic E-state index is 0.280. The highest BCUT2D eigenvalue weighted by atomic mass is 32.1. The van der Waals surface area contributed by atoms with Gasteiger partial charge in [0.25, 0.3) is 5.91 Å². The van der Waals surface area contributed by atoms with Gasteiger partial charge in [-0.25, -0.2) is 14.8 Å². The second-order valence-electron chi connectivity index (χ2n) is 5.76. The van der Waals surface area contributed by atoms with E-state index in [0.29, 0.717) is 5.88 Å². The molecule has 0 atom stereocenters. The molecule has 25 heavy (non-hydrogen) atoms. The molecule has 2 N–H and O–H groups in total. The molecule has 2 aromatic rings. The number of imide groups is 1. The summed E-state index contributed by atoms with van der Waals surface area (Å²) in [7, 11) is 0. The summed E-state index contributed by atoms with van der Waals surface area (Å²) in [4.78, 5) is 34.1. The molecule has 0 aromatic carbocycles. The van der Waals surface area contributed by atoms with Crippen molar-refractivity contribution in [2.45, 2.75) is 32.1 Å². The van der Waals surface area contributed by atoms with Gasteiger partial charge in [-0.05, 0) is 31.2 Å². The molecule has 0 spiro atoms. The second-order valence-corrected chi connectivity index (χ2v) is 6.84. The maximum atomic E-state index is 11.8. The van der Waals surface area contributed by atoms with E-state index < -0.39 is 11.9 Å². The van der Waals surface area contributed by atoms with Crippen LogP contribution in [-0.4, -0.2) is 35.1 Å². The van der Waals surface area contributed by atoms with Crippen molar-refractivity contribution in [3.63, 3.8) is 0 Å². The third-order valence-corrected chi connectivity index (χ3v) is 5.17. The first kappa shape index (κ1) is 17.3. The lowest BCUT2D eigenvalue weighted by molar-refractivity contribution is -0.122. The van der Waals surface area contributed by atoms with Gasteiger partial charge in [0, 0.05) is 11.4 Å². The molecule has 3 rings (SSSR count). The summed E-state index contributed by atoms with van der Waals surface area (Å²) in [6.45, 7) is 3.49. The zero-order valence-corrected chi connectivity index (χ0v) is 14.7. The smallest absolute Gasteiger partial charge is 0.321 e. The summed E-state index contributed by atoms with van der Waals surface area (Å²) in [6, 6.07) is -0.578. The number of nitrogens with zero attached hydrogens (tertiary/aromatic N) is 2. The van der Waals surface area contributed by atoms with E-state index in [2.05, 4.69) is 27.2 Å². The van der Waals surface area contributed by atoms with Crippen LogP contribution in [0, 0.1) is 0 Å². The van der Waals surface area contributed by atoms with Gasteiger partial charge in [-0.3, -0.25) is 10.1 Å². The minimum atomic E-state index is -0.578. The average Bonchev–Trinajstić information content (AvgIpc) is 2.80. The first-order valence-corrected chi connectivity index (χ1v) is 9.07. The van der Waals surface area contributed by atoms with Crippen LogP contribution in [0.5, 0.6) is 5.88 Å². The lowest BCUT2D eigenvalue weighted by Gasteiger charge is -2.08. The Morgan fingerprint density at radius 3 is 2.96 bits per heavy atom. The number of aryl methyl sites for hydroxylation is 2. The molecule has 8 heteroatoms. The van der Waals surface area contributed by atoms with Crippen LogP contribution in [0.15, 0.2) is 19.0 Å². The van der Waals surface area contributed by atoms with Crippen molar-refractivity contribution < 1.29 is 14.3 Å².